The Hall–Kier alpha value is -2.76. The van der Waals surface area contributed by atoms with Gasteiger partial charge in [0.15, 0.2) is 0 Å². The summed E-state index contributed by atoms with van der Waals surface area (Å²) in [7, 11) is 0. The van der Waals surface area contributed by atoms with Crippen molar-refractivity contribution in [3.05, 3.63) is 124 Å². The first-order chi connectivity index (χ1) is 22.0. The first-order valence-electron chi connectivity index (χ1n) is 17.6. The summed E-state index contributed by atoms with van der Waals surface area (Å²) in [6.45, 7) is 27.2. The molecule has 4 aromatic rings. The number of fused-ring (bicyclic) bond motifs is 5. The molecule has 0 N–H and O–H groups in total. The van der Waals surface area contributed by atoms with E-state index < -0.39 is 0 Å². The topological polar surface area (TPSA) is 0 Å². The van der Waals surface area contributed by atoms with Crippen molar-refractivity contribution in [2.24, 2.45) is 11.3 Å². The fourth-order valence-corrected chi connectivity index (χ4v) is 8.21. The van der Waals surface area contributed by atoms with Gasteiger partial charge in [-0.15, -0.1) is 39.7 Å². The van der Waals surface area contributed by atoms with Crippen LogP contribution in [0.3, 0.4) is 0 Å². The Morgan fingerprint density at radius 2 is 1.30 bits per heavy atom. The third kappa shape index (κ3) is 7.18. The normalized spacial score (nSPS) is 18.7. The van der Waals surface area contributed by atoms with Crippen molar-refractivity contribution < 1.29 is 24.2 Å². The van der Waals surface area contributed by atoms with E-state index >= 15 is 0 Å². The van der Waals surface area contributed by atoms with E-state index in [9.17, 15) is 0 Å². The van der Waals surface area contributed by atoms with Crippen LogP contribution in [0.2, 0.25) is 0 Å². The summed E-state index contributed by atoms with van der Waals surface area (Å²) < 4.78 is 1.55. The minimum absolute atomic E-state index is 0.139. The predicted octanol–water partition coefficient (Wildman–Crippen LogP) is 13.0. The van der Waals surface area contributed by atoms with E-state index in [4.69, 9.17) is 0 Å². The number of rotatable bonds is 3. The molecular weight excluding hydrogens is 644 g/mol. The summed E-state index contributed by atoms with van der Waals surface area (Å²) in [6, 6.07) is 22.7. The van der Waals surface area contributed by atoms with Crippen molar-refractivity contribution >= 4 is 35.9 Å². The predicted molar refractivity (Wildman–Crippen MR) is 205 cm³/mol. The SMILES string of the molecule is CC1=CC(C)(C)c2cc3[cH-]c4cc5c(cc4c3cc21)C(C)=CC5(C)C.CCC1=[C-]C(C)C=C1C(C)(C)C.CC[C](=[Zr+2])c1ccccc1. The molecule has 47 heavy (non-hydrogen) atoms. The van der Waals surface area contributed by atoms with Gasteiger partial charge in [-0.2, -0.15) is 11.6 Å². The van der Waals surface area contributed by atoms with E-state index in [1.807, 2.05) is 0 Å². The molecule has 0 amide bonds. The van der Waals surface area contributed by atoms with Crippen molar-refractivity contribution in [2.45, 2.75) is 107 Å². The van der Waals surface area contributed by atoms with Gasteiger partial charge in [0.2, 0.25) is 0 Å². The van der Waals surface area contributed by atoms with E-state index in [2.05, 4.69) is 168 Å². The second-order valence-corrected chi connectivity index (χ2v) is 17.5. The standard InChI is InChI=1S/C25H25.C12H19.C9H10.Zr/c1-14-12-24(3,4)22-8-16-7-17-9-23-19(15(2)13-25(23,5)6)11-21(17)20(16)10-18(14)22;1-6-10-7-9(2)8-11(10)12(3,4)5;1-2-6-9-7-4-3-5-8-9;/h7-13H,1-6H3;8-9H,6H2,1-5H3;3-5,7-8H,2H2,1H3;/q2*-1;;+2. The van der Waals surface area contributed by atoms with E-state index in [1.54, 1.807) is 3.21 Å². The van der Waals surface area contributed by atoms with Crippen LogP contribution < -0.4 is 0 Å². The van der Waals surface area contributed by atoms with Crippen molar-refractivity contribution in [3.63, 3.8) is 0 Å². The minimum atomic E-state index is 0.139. The van der Waals surface area contributed by atoms with Crippen LogP contribution in [0.25, 0.3) is 32.7 Å². The summed E-state index contributed by atoms with van der Waals surface area (Å²) in [5, 5.41) is 5.57. The molecule has 0 spiro atoms. The van der Waals surface area contributed by atoms with Gasteiger partial charge in [0, 0.05) is 10.8 Å². The van der Waals surface area contributed by atoms with Gasteiger partial charge in [0.1, 0.15) is 0 Å². The molecule has 0 aliphatic heterocycles. The van der Waals surface area contributed by atoms with E-state index in [0.29, 0.717) is 11.3 Å². The van der Waals surface area contributed by atoms with Crippen LogP contribution in [0.5, 0.6) is 0 Å². The molecule has 1 unspecified atom stereocenters. The summed E-state index contributed by atoms with van der Waals surface area (Å²) in [4.78, 5) is 0. The van der Waals surface area contributed by atoms with Crippen molar-refractivity contribution in [1.82, 2.24) is 0 Å². The molecule has 242 valence electrons. The molecule has 3 aliphatic carbocycles. The van der Waals surface area contributed by atoms with Crippen molar-refractivity contribution in [1.29, 1.82) is 0 Å². The zero-order valence-electron chi connectivity index (χ0n) is 31.0. The van der Waals surface area contributed by atoms with Gasteiger partial charge >= 0.3 is 76.7 Å². The third-order valence-corrected chi connectivity index (χ3v) is 11.7. The molecule has 0 radical (unpaired) electrons. The molecule has 4 aromatic carbocycles. The first-order valence-corrected chi connectivity index (χ1v) is 18.8. The van der Waals surface area contributed by atoms with Crippen LogP contribution in [0.1, 0.15) is 124 Å². The van der Waals surface area contributed by atoms with Crippen molar-refractivity contribution in [2.75, 3.05) is 0 Å². The molecule has 1 heteroatoms. The first kappa shape index (κ1) is 35.5. The fraction of sp³-hybridized carbons (Fsp3) is 0.391. The van der Waals surface area contributed by atoms with Gasteiger partial charge in [0.25, 0.3) is 0 Å². The Kier molecular flexibility index (Phi) is 10.0. The zero-order chi connectivity index (χ0) is 34.5. The maximum absolute atomic E-state index is 3.48. The second-order valence-electron chi connectivity index (χ2n) is 16.0. The van der Waals surface area contributed by atoms with E-state index in [-0.39, 0.29) is 10.8 Å². The van der Waals surface area contributed by atoms with E-state index in [0.717, 1.165) is 6.42 Å². The molecule has 0 nitrogen and oxygen atoms in total. The van der Waals surface area contributed by atoms with Crippen LogP contribution in [-0.2, 0) is 35.1 Å². The number of hydrogen-bond donors (Lipinski definition) is 0. The quantitative estimate of drug-likeness (QED) is 0.187. The molecule has 1 atom stereocenters. The summed E-state index contributed by atoms with van der Waals surface area (Å²) in [6.07, 6.45) is 12.9. The van der Waals surface area contributed by atoms with Gasteiger partial charge < -0.3 is 0 Å². The van der Waals surface area contributed by atoms with Crippen LogP contribution in [-0.4, -0.2) is 3.21 Å². The average molecular weight is 698 g/mol. The maximum atomic E-state index is 3.48. The third-order valence-electron chi connectivity index (χ3n) is 10.2. The monoisotopic (exact) mass is 696 g/mol. The molecule has 0 aromatic heterocycles. The van der Waals surface area contributed by atoms with Gasteiger partial charge in [-0.1, -0.05) is 115 Å². The molecule has 0 saturated heterocycles. The van der Waals surface area contributed by atoms with Gasteiger partial charge in [-0.3, -0.25) is 6.08 Å². The van der Waals surface area contributed by atoms with E-state index in [1.165, 1.54) is 102 Å². The van der Waals surface area contributed by atoms with Crippen LogP contribution in [0.15, 0.2) is 90.0 Å². The van der Waals surface area contributed by atoms with Gasteiger partial charge in [-0.25, -0.2) is 5.57 Å². The molecule has 0 bridgehead atoms. The summed E-state index contributed by atoms with van der Waals surface area (Å²) >= 11 is 1.54. The number of benzene rings is 3. The Labute approximate surface area is 300 Å². The number of allylic oxidation sites excluding steroid dienone is 8. The Morgan fingerprint density at radius 3 is 1.70 bits per heavy atom. The van der Waals surface area contributed by atoms with Crippen molar-refractivity contribution in [3.8, 4) is 0 Å². The number of hydrogen-bond acceptors (Lipinski definition) is 0. The Morgan fingerprint density at radius 1 is 0.809 bits per heavy atom. The summed E-state index contributed by atoms with van der Waals surface area (Å²) in [5.74, 6) is 0.522. The average Bonchev–Trinajstić information content (AvgIpc) is 3.70. The molecule has 3 aliphatic rings. The Bertz CT molecular complexity index is 1860. The molecule has 0 heterocycles. The zero-order valence-corrected chi connectivity index (χ0v) is 33.5. The van der Waals surface area contributed by atoms with Crippen LogP contribution >= 0.6 is 0 Å². The molecule has 0 fully saturated rings. The Balaban J connectivity index is 0.000000164. The van der Waals surface area contributed by atoms with Crippen LogP contribution in [0, 0.1) is 17.4 Å². The molecule has 7 rings (SSSR count). The van der Waals surface area contributed by atoms with Gasteiger partial charge in [0.05, 0.1) is 0 Å². The summed E-state index contributed by atoms with van der Waals surface area (Å²) in [5.41, 5.74) is 13.5. The second kappa shape index (κ2) is 13.3. The van der Waals surface area contributed by atoms with Crippen LogP contribution in [0.4, 0.5) is 0 Å². The van der Waals surface area contributed by atoms with Gasteiger partial charge in [-0.05, 0) is 36.1 Å². The molecular formula is C46H54Zr. The fourth-order valence-electron chi connectivity index (χ4n) is 7.80. The molecule has 0 saturated carbocycles.